The highest BCUT2D eigenvalue weighted by Gasteiger charge is 2.36. The van der Waals surface area contributed by atoms with Gasteiger partial charge in [-0.1, -0.05) is 24.2 Å². The molecule has 0 fully saturated rings. The highest BCUT2D eigenvalue weighted by Crippen LogP contribution is 2.40. The number of hydrogen-bond donors (Lipinski definition) is 1. The fourth-order valence-electron chi connectivity index (χ4n) is 3.15. The summed E-state index contributed by atoms with van der Waals surface area (Å²) in [5.41, 5.74) is 0.599. The molecule has 33 heavy (non-hydrogen) atoms. The number of halogens is 3. The minimum atomic E-state index is -4.71. The van der Waals surface area contributed by atoms with Gasteiger partial charge in [0.05, 0.1) is 31.9 Å². The van der Waals surface area contributed by atoms with E-state index in [9.17, 15) is 21.6 Å². The number of aryl methyl sites for hydroxylation is 1. The Morgan fingerprint density at radius 2 is 1.64 bits per heavy atom. The Morgan fingerprint density at radius 3 is 2.12 bits per heavy atom. The molecule has 0 atom stereocenters. The minimum absolute atomic E-state index is 0.118. The van der Waals surface area contributed by atoms with Crippen molar-refractivity contribution in [1.82, 2.24) is 5.16 Å². The fraction of sp³-hybridized carbons (Fsp3) is 0.286. The number of hydrogen-bond acceptors (Lipinski definition) is 7. The molecule has 3 aromatic rings. The lowest BCUT2D eigenvalue weighted by atomic mass is 10.1. The Kier molecular flexibility index (Phi) is 6.77. The van der Waals surface area contributed by atoms with E-state index in [0.717, 1.165) is 0 Å². The van der Waals surface area contributed by atoms with Crippen LogP contribution < -0.4 is 18.9 Å². The number of ether oxygens (including phenoxy) is 3. The van der Waals surface area contributed by atoms with Gasteiger partial charge in [0.2, 0.25) is 11.5 Å². The Bertz CT molecular complexity index is 1230. The van der Waals surface area contributed by atoms with E-state index in [2.05, 4.69) is 14.4 Å². The normalized spacial score (nSPS) is 11.8. The number of nitrogens with zero attached hydrogens (tertiary/aromatic N) is 1. The molecule has 0 spiro atoms. The molecule has 2 aromatic carbocycles. The van der Waals surface area contributed by atoms with Crippen LogP contribution in [0.15, 0.2) is 45.8 Å². The monoisotopic (exact) mass is 486 g/mol. The van der Waals surface area contributed by atoms with E-state index in [1.54, 1.807) is 6.92 Å². The molecule has 0 aliphatic rings. The summed E-state index contributed by atoms with van der Waals surface area (Å²) in [5.74, 6) is -0.523. The van der Waals surface area contributed by atoms with Gasteiger partial charge in [0.25, 0.3) is 10.0 Å². The minimum Gasteiger partial charge on any atom is -0.493 e. The SMILES string of the molecule is CCc1ccc(-c2cc(C(F)(F)F)on2)cc1S(=O)(=O)Nc1cc(OC)c(OC)c(OC)c1. The topological polar surface area (TPSA) is 99.9 Å². The maximum Gasteiger partial charge on any atom is 0.452 e. The van der Waals surface area contributed by atoms with E-state index in [4.69, 9.17) is 14.2 Å². The summed E-state index contributed by atoms with van der Waals surface area (Å²) < 4.78 is 87.6. The zero-order chi connectivity index (χ0) is 24.4. The van der Waals surface area contributed by atoms with E-state index in [0.29, 0.717) is 18.1 Å². The van der Waals surface area contributed by atoms with Crippen LogP contribution in [0.1, 0.15) is 18.2 Å². The van der Waals surface area contributed by atoms with E-state index in [1.165, 1.54) is 51.7 Å². The van der Waals surface area contributed by atoms with Crippen molar-refractivity contribution in [3.63, 3.8) is 0 Å². The summed E-state index contributed by atoms with van der Waals surface area (Å²) in [6, 6.07) is 7.79. The van der Waals surface area contributed by atoms with Crippen LogP contribution in [0.4, 0.5) is 18.9 Å². The Labute approximate surface area is 188 Å². The average molecular weight is 486 g/mol. The first-order chi connectivity index (χ1) is 15.5. The number of rotatable bonds is 8. The summed E-state index contributed by atoms with van der Waals surface area (Å²) >= 11 is 0. The quantitative estimate of drug-likeness (QED) is 0.491. The number of anilines is 1. The zero-order valence-corrected chi connectivity index (χ0v) is 18.9. The molecular weight excluding hydrogens is 465 g/mol. The number of aromatic nitrogens is 1. The van der Waals surface area contributed by atoms with Crippen molar-refractivity contribution >= 4 is 15.7 Å². The second-order valence-corrected chi connectivity index (χ2v) is 8.42. The fourth-order valence-corrected chi connectivity index (χ4v) is 4.53. The molecule has 1 N–H and O–H groups in total. The van der Waals surface area contributed by atoms with Crippen LogP contribution >= 0.6 is 0 Å². The largest absolute Gasteiger partial charge is 0.493 e. The predicted molar refractivity (Wildman–Crippen MR) is 113 cm³/mol. The van der Waals surface area contributed by atoms with Gasteiger partial charge in [-0.25, -0.2) is 8.42 Å². The highest BCUT2D eigenvalue weighted by molar-refractivity contribution is 7.92. The maximum atomic E-state index is 13.2. The van der Waals surface area contributed by atoms with E-state index >= 15 is 0 Å². The third-order valence-corrected chi connectivity index (χ3v) is 6.20. The van der Waals surface area contributed by atoms with Crippen LogP contribution in [0.2, 0.25) is 0 Å². The third-order valence-electron chi connectivity index (χ3n) is 4.74. The first kappa shape index (κ1) is 24.2. The second kappa shape index (κ2) is 9.22. The lowest BCUT2D eigenvalue weighted by Crippen LogP contribution is -2.15. The summed E-state index contributed by atoms with van der Waals surface area (Å²) in [7, 11) is 0.0342. The molecule has 1 aromatic heterocycles. The van der Waals surface area contributed by atoms with Crippen LogP contribution in [0, 0.1) is 0 Å². The van der Waals surface area contributed by atoms with Crippen molar-refractivity contribution in [2.75, 3.05) is 26.1 Å². The maximum absolute atomic E-state index is 13.2. The van der Waals surface area contributed by atoms with Gasteiger partial charge in [0.1, 0.15) is 5.69 Å². The van der Waals surface area contributed by atoms with Gasteiger partial charge >= 0.3 is 6.18 Å². The number of alkyl halides is 3. The molecule has 0 saturated carbocycles. The summed E-state index contributed by atoms with van der Waals surface area (Å²) in [6.07, 6.45) is -4.35. The lowest BCUT2D eigenvalue weighted by Gasteiger charge is -2.16. The molecule has 0 amide bonds. The standard InChI is InChI=1S/C21H21F3N2O6S/c1-5-12-6-7-13(15-11-19(32-25-15)21(22,23)24)8-18(12)33(27,28)26-14-9-16(29-2)20(31-4)17(10-14)30-3/h6-11,26H,5H2,1-4H3. The molecule has 1 heterocycles. The van der Waals surface area contributed by atoms with E-state index < -0.39 is 22.0 Å². The van der Waals surface area contributed by atoms with Crippen molar-refractivity contribution in [1.29, 1.82) is 0 Å². The molecular formula is C21H21F3N2O6S. The van der Waals surface area contributed by atoms with Gasteiger partial charge in [-0.05, 0) is 18.1 Å². The lowest BCUT2D eigenvalue weighted by molar-refractivity contribution is -0.155. The third kappa shape index (κ3) is 5.00. The van der Waals surface area contributed by atoms with Crippen LogP contribution in [0.3, 0.4) is 0 Å². The zero-order valence-electron chi connectivity index (χ0n) is 18.1. The number of benzene rings is 2. The van der Waals surface area contributed by atoms with Gasteiger partial charge in [-0.3, -0.25) is 4.72 Å². The average Bonchev–Trinajstić information content (AvgIpc) is 3.28. The molecule has 8 nitrogen and oxygen atoms in total. The summed E-state index contributed by atoms with van der Waals surface area (Å²) in [4.78, 5) is -0.118. The molecule has 0 saturated heterocycles. The summed E-state index contributed by atoms with van der Waals surface area (Å²) in [5, 5.41) is 3.42. The summed E-state index contributed by atoms with van der Waals surface area (Å²) in [6.45, 7) is 1.76. The Hall–Kier alpha value is -3.41. The van der Waals surface area contributed by atoms with Crippen molar-refractivity contribution in [3.8, 4) is 28.5 Å². The van der Waals surface area contributed by atoms with Gasteiger partial charge < -0.3 is 18.7 Å². The van der Waals surface area contributed by atoms with Gasteiger partial charge in [0.15, 0.2) is 11.5 Å². The Balaban J connectivity index is 2.04. The molecule has 0 aliphatic heterocycles. The molecule has 0 aliphatic carbocycles. The molecule has 12 heteroatoms. The van der Waals surface area contributed by atoms with Gasteiger partial charge in [0, 0.05) is 23.8 Å². The second-order valence-electron chi connectivity index (χ2n) is 6.77. The van der Waals surface area contributed by atoms with Crippen molar-refractivity contribution in [2.24, 2.45) is 0 Å². The van der Waals surface area contributed by atoms with Gasteiger partial charge in [-0.2, -0.15) is 13.2 Å². The number of methoxy groups -OCH3 is 3. The molecule has 178 valence electrons. The first-order valence-corrected chi connectivity index (χ1v) is 11.0. The van der Waals surface area contributed by atoms with Crippen molar-refractivity contribution < 1.29 is 40.3 Å². The van der Waals surface area contributed by atoms with Gasteiger partial charge in [-0.15, -0.1) is 0 Å². The molecule has 0 bridgehead atoms. The Morgan fingerprint density at radius 1 is 1.00 bits per heavy atom. The van der Waals surface area contributed by atoms with Crippen LogP contribution in [-0.2, 0) is 22.6 Å². The number of sulfonamides is 1. The molecule has 3 rings (SSSR count). The van der Waals surface area contributed by atoms with Crippen molar-refractivity contribution in [2.45, 2.75) is 24.4 Å². The van der Waals surface area contributed by atoms with Crippen molar-refractivity contribution in [3.05, 3.63) is 47.7 Å². The predicted octanol–water partition coefficient (Wildman–Crippen LogP) is 4.75. The molecule has 0 unspecified atom stereocenters. The van der Waals surface area contributed by atoms with E-state index in [1.807, 2.05) is 0 Å². The van der Waals surface area contributed by atoms with Crippen LogP contribution in [0.25, 0.3) is 11.3 Å². The van der Waals surface area contributed by atoms with Crippen LogP contribution in [-0.4, -0.2) is 34.9 Å². The molecule has 0 radical (unpaired) electrons. The van der Waals surface area contributed by atoms with E-state index in [-0.39, 0.29) is 39.1 Å². The number of nitrogens with one attached hydrogen (secondary N) is 1. The first-order valence-electron chi connectivity index (χ1n) is 9.54. The smallest absolute Gasteiger partial charge is 0.452 e. The van der Waals surface area contributed by atoms with Crippen LogP contribution in [0.5, 0.6) is 17.2 Å². The highest BCUT2D eigenvalue weighted by atomic mass is 32.2.